The molecule has 1 aliphatic rings. The van der Waals surface area contributed by atoms with E-state index in [1.807, 2.05) is 0 Å². The molecule has 2 rings (SSSR count). The fourth-order valence-electron chi connectivity index (χ4n) is 2.35. The van der Waals surface area contributed by atoms with Crippen molar-refractivity contribution >= 4 is 17.5 Å². The van der Waals surface area contributed by atoms with Gasteiger partial charge in [0.05, 0.1) is 5.56 Å². The van der Waals surface area contributed by atoms with Gasteiger partial charge >= 0.3 is 0 Å². The van der Waals surface area contributed by atoms with Crippen LogP contribution >= 0.6 is 0 Å². The highest BCUT2D eigenvalue weighted by Gasteiger charge is 2.41. The molecule has 1 aromatic rings. The first-order valence-corrected chi connectivity index (χ1v) is 6.41. The number of nitrogens with one attached hydrogen (secondary N) is 1. The molecule has 1 fully saturated rings. The van der Waals surface area contributed by atoms with Gasteiger partial charge in [0, 0.05) is 18.8 Å². The van der Waals surface area contributed by atoms with E-state index in [1.54, 1.807) is 20.8 Å². The Balaban J connectivity index is 2.44. The Labute approximate surface area is 116 Å². The van der Waals surface area contributed by atoms with E-state index >= 15 is 0 Å². The number of halogens is 1. The van der Waals surface area contributed by atoms with Gasteiger partial charge in [0.25, 0.3) is 5.91 Å². The molecule has 0 spiro atoms. The third-order valence-corrected chi connectivity index (χ3v) is 3.60. The molecule has 5 nitrogen and oxygen atoms in total. The summed E-state index contributed by atoms with van der Waals surface area (Å²) in [5.74, 6) is -1.36. The number of aryl methyl sites for hydroxylation is 1. The summed E-state index contributed by atoms with van der Waals surface area (Å²) in [6.07, 6.45) is 0. The van der Waals surface area contributed by atoms with Gasteiger partial charge in [-0.25, -0.2) is 4.39 Å². The second-order valence-corrected chi connectivity index (χ2v) is 5.47. The normalized spacial score (nSPS) is 17.8. The van der Waals surface area contributed by atoms with Crippen LogP contribution in [-0.2, 0) is 4.79 Å². The second-order valence-electron chi connectivity index (χ2n) is 5.47. The summed E-state index contributed by atoms with van der Waals surface area (Å²) in [4.78, 5) is 25.8. The Kier molecular flexibility index (Phi) is 3.41. The zero-order valence-corrected chi connectivity index (χ0v) is 11.8. The van der Waals surface area contributed by atoms with Gasteiger partial charge in [0.15, 0.2) is 0 Å². The van der Waals surface area contributed by atoms with E-state index in [9.17, 15) is 14.0 Å². The standard InChI is InChI=1S/C14H18FN3O2/c1-8-6-9(16)7-10(11(8)15)12(19)18-5-4-17-13(20)14(18,2)3/h6-7H,4-5,16H2,1-3H3,(H,17,20). The minimum atomic E-state index is -1.01. The molecular formula is C14H18FN3O2. The first-order valence-electron chi connectivity index (χ1n) is 6.41. The van der Waals surface area contributed by atoms with Gasteiger partial charge in [-0.2, -0.15) is 0 Å². The summed E-state index contributed by atoms with van der Waals surface area (Å²) in [7, 11) is 0. The lowest BCUT2D eigenvalue weighted by molar-refractivity contribution is -0.133. The molecule has 3 N–H and O–H groups in total. The largest absolute Gasteiger partial charge is 0.399 e. The second kappa shape index (κ2) is 4.77. The molecule has 0 atom stereocenters. The fourth-order valence-corrected chi connectivity index (χ4v) is 2.35. The molecule has 0 bridgehead atoms. The average molecular weight is 279 g/mol. The summed E-state index contributed by atoms with van der Waals surface area (Å²) in [6.45, 7) is 5.52. The molecule has 1 heterocycles. The van der Waals surface area contributed by atoms with Gasteiger partial charge in [-0.05, 0) is 38.5 Å². The van der Waals surface area contributed by atoms with Crippen molar-refractivity contribution in [3.8, 4) is 0 Å². The third-order valence-electron chi connectivity index (χ3n) is 3.60. The molecule has 0 unspecified atom stereocenters. The summed E-state index contributed by atoms with van der Waals surface area (Å²) in [5.41, 5.74) is 5.21. The van der Waals surface area contributed by atoms with Crippen molar-refractivity contribution in [2.24, 2.45) is 0 Å². The Morgan fingerprint density at radius 3 is 2.75 bits per heavy atom. The molecule has 0 aromatic heterocycles. The van der Waals surface area contributed by atoms with Gasteiger partial charge in [-0.1, -0.05) is 0 Å². The summed E-state index contributed by atoms with van der Waals surface area (Å²) in [5, 5.41) is 2.69. The SMILES string of the molecule is Cc1cc(N)cc(C(=O)N2CCNC(=O)C2(C)C)c1F. The van der Waals surface area contributed by atoms with Crippen LogP contribution in [0.5, 0.6) is 0 Å². The van der Waals surface area contributed by atoms with Crippen LogP contribution < -0.4 is 11.1 Å². The molecule has 1 aromatic carbocycles. The predicted octanol–water partition coefficient (Wildman–Crippen LogP) is 1.07. The molecule has 0 saturated carbocycles. The van der Waals surface area contributed by atoms with Gasteiger partial charge in [0.1, 0.15) is 11.4 Å². The molecular weight excluding hydrogens is 261 g/mol. The number of amides is 2. The van der Waals surface area contributed by atoms with E-state index in [0.29, 0.717) is 24.3 Å². The minimum absolute atomic E-state index is 0.0923. The highest BCUT2D eigenvalue weighted by atomic mass is 19.1. The zero-order chi connectivity index (χ0) is 15.1. The topological polar surface area (TPSA) is 75.4 Å². The number of benzene rings is 1. The van der Waals surface area contributed by atoms with Gasteiger partial charge in [-0.3, -0.25) is 9.59 Å². The van der Waals surface area contributed by atoms with Crippen LogP contribution in [0.1, 0.15) is 29.8 Å². The first kappa shape index (κ1) is 14.3. The van der Waals surface area contributed by atoms with Crippen LogP contribution in [-0.4, -0.2) is 35.3 Å². The van der Waals surface area contributed by atoms with Crippen molar-refractivity contribution in [3.63, 3.8) is 0 Å². The number of nitrogens with two attached hydrogens (primary N) is 1. The molecule has 2 amide bonds. The van der Waals surface area contributed by atoms with E-state index in [1.165, 1.54) is 17.0 Å². The Bertz CT molecular complexity index is 584. The zero-order valence-electron chi connectivity index (χ0n) is 11.8. The van der Waals surface area contributed by atoms with Gasteiger partial charge < -0.3 is 16.0 Å². The molecule has 20 heavy (non-hydrogen) atoms. The number of nitrogen functional groups attached to an aromatic ring is 1. The van der Waals surface area contributed by atoms with Crippen LogP contribution in [0.25, 0.3) is 0 Å². The molecule has 1 saturated heterocycles. The van der Waals surface area contributed by atoms with Crippen LogP contribution in [0.3, 0.4) is 0 Å². The van der Waals surface area contributed by atoms with Crippen LogP contribution in [0.4, 0.5) is 10.1 Å². The number of carbonyl (C=O) groups is 2. The van der Waals surface area contributed by atoms with E-state index in [0.717, 1.165) is 0 Å². The monoisotopic (exact) mass is 279 g/mol. The quantitative estimate of drug-likeness (QED) is 0.755. The number of hydrogen-bond donors (Lipinski definition) is 2. The van der Waals surface area contributed by atoms with Gasteiger partial charge in [-0.15, -0.1) is 0 Å². The Hall–Kier alpha value is -2.11. The molecule has 6 heteroatoms. The van der Waals surface area contributed by atoms with E-state index in [2.05, 4.69) is 5.32 Å². The Morgan fingerprint density at radius 2 is 2.10 bits per heavy atom. The van der Waals surface area contributed by atoms with Crippen molar-refractivity contribution in [2.45, 2.75) is 26.3 Å². The molecule has 0 radical (unpaired) electrons. The Morgan fingerprint density at radius 1 is 1.45 bits per heavy atom. The molecule has 108 valence electrons. The van der Waals surface area contributed by atoms with Crippen molar-refractivity contribution in [1.29, 1.82) is 0 Å². The number of hydrogen-bond acceptors (Lipinski definition) is 3. The lowest BCUT2D eigenvalue weighted by Crippen LogP contribution is -2.63. The van der Waals surface area contributed by atoms with Crippen molar-refractivity contribution < 1.29 is 14.0 Å². The smallest absolute Gasteiger partial charge is 0.257 e. The lowest BCUT2D eigenvalue weighted by Gasteiger charge is -2.41. The van der Waals surface area contributed by atoms with Gasteiger partial charge in [0.2, 0.25) is 5.91 Å². The van der Waals surface area contributed by atoms with E-state index in [-0.39, 0.29) is 11.5 Å². The maximum atomic E-state index is 14.1. The van der Waals surface area contributed by atoms with E-state index < -0.39 is 17.3 Å². The maximum Gasteiger partial charge on any atom is 0.257 e. The minimum Gasteiger partial charge on any atom is -0.399 e. The van der Waals surface area contributed by atoms with Crippen LogP contribution in [0.15, 0.2) is 12.1 Å². The van der Waals surface area contributed by atoms with Crippen molar-refractivity contribution in [3.05, 3.63) is 29.1 Å². The fraction of sp³-hybridized carbons (Fsp3) is 0.429. The van der Waals surface area contributed by atoms with Crippen molar-refractivity contribution in [1.82, 2.24) is 10.2 Å². The number of nitrogens with zero attached hydrogens (tertiary/aromatic N) is 1. The highest BCUT2D eigenvalue weighted by Crippen LogP contribution is 2.24. The number of piperazine rings is 1. The maximum absolute atomic E-state index is 14.1. The average Bonchev–Trinajstić information content (AvgIpc) is 2.36. The summed E-state index contributed by atoms with van der Waals surface area (Å²) < 4.78 is 14.1. The predicted molar refractivity (Wildman–Crippen MR) is 73.7 cm³/mol. The van der Waals surface area contributed by atoms with Crippen LogP contribution in [0.2, 0.25) is 0 Å². The summed E-state index contributed by atoms with van der Waals surface area (Å²) >= 11 is 0. The number of carbonyl (C=O) groups excluding carboxylic acids is 2. The van der Waals surface area contributed by atoms with Crippen LogP contribution in [0, 0.1) is 12.7 Å². The summed E-state index contributed by atoms with van der Waals surface area (Å²) in [6, 6.07) is 2.79. The number of rotatable bonds is 1. The first-order chi connectivity index (χ1) is 9.25. The third kappa shape index (κ3) is 2.21. The lowest BCUT2D eigenvalue weighted by atomic mass is 9.97. The molecule has 0 aliphatic carbocycles. The highest BCUT2D eigenvalue weighted by molar-refractivity contribution is 6.00. The number of anilines is 1. The molecule has 1 aliphatic heterocycles. The van der Waals surface area contributed by atoms with E-state index in [4.69, 9.17) is 5.73 Å². The van der Waals surface area contributed by atoms with Crippen molar-refractivity contribution in [2.75, 3.05) is 18.8 Å².